The lowest BCUT2D eigenvalue weighted by Gasteiger charge is -2.26. The normalized spacial score (nSPS) is 11.6. The summed E-state index contributed by atoms with van der Waals surface area (Å²) in [6.45, 7) is 3.81. The van der Waals surface area contributed by atoms with Gasteiger partial charge in [0, 0.05) is 0 Å². The summed E-state index contributed by atoms with van der Waals surface area (Å²) in [5, 5.41) is 9.10. The van der Waals surface area contributed by atoms with Crippen LogP contribution in [0.4, 0.5) is 0 Å². The van der Waals surface area contributed by atoms with Gasteiger partial charge in [0.15, 0.2) is 5.60 Å². The predicted octanol–water partition coefficient (Wildman–Crippen LogP) is 2.44. The van der Waals surface area contributed by atoms with Crippen molar-refractivity contribution in [2.75, 3.05) is 0 Å². The average molecular weight is 212 g/mol. The zero-order chi connectivity index (χ0) is 11.3. The number of carbonyl (C=O) groups is 1. The lowest BCUT2D eigenvalue weighted by molar-refractivity contribution is -0.169. The van der Waals surface area contributed by atoms with Gasteiger partial charge in [-0.2, -0.15) is 0 Å². The fraction of sp³-hybridized carbons (Fsp3) is 0.545. The van der Waals surface area contributed by atoms with Crippen molar-refractivity contribution in [3.8, 4) is 0 Å². The van der Waals surface area contributed by atoms with Gasteiger partial charge in [-0.3, -0.25) is 0 Å². The highest BCUT2D eigenvalue weighted by atomic mass is 16.5. The van der Waals surface area contributed by atoms with Crippen LogP contribution in [0, 0.1) is 0 Å². The van der Waals surface area contributed by atoms with Crippen LogP contribution in [0.25, 0.3) is 0 Å². The standard InChI is InChI=1S/C11H16O4/c1-3-11(4-2,10(12)13)15-8-9-6-5-7-14-9/h5-7H,3-4,8H2,1-2H3,(H,12,13). The molecule has 0 bridgehead atoms. The number of hydrogen-bond donors (Lipinski definition) is 1. The maximum Gasteiger partial charge on any atom is 0.335 e. The van der Waals surface area contributed by atoms with Crippen LogP contribution in [0.3, 0.4) is 0 Å². The Labute approximate surface area is 88.8 Å². The van der Waals surface area contributed by atoms with Crippen molar-refractivity contribution < 1.29 is 19.1 Å². The molecule has 4 nitrogen and oxygen atoms in total. The van der Waals surface area contributed by atoms with E-state index in [-0.39, 0.29) is 6.61 Å². The molecule has 0 spiro atoms. The summed E-state index contributed by atoms with van der Waals surface area (Å²) in [5.41, 5.74) is -1.09. The van der Waals surface area contributed by atoms with Crippen molar-refractivity contribution in [1.82, 2.24) is 0 Å². The first kappa shape index (κ1) is 11.8. The molecule has 0 radical (unpaired) electrons. The quantitative estimate of drug-likeness (QED) is 0.786. The number of aliphatic carboxylic acids is 1. The van der Waals surface area contributed by atoms with Crippen LogP contribution >= 0.6 is 0 Å². The number of ether oxygens (including phenoxy) is 1. The molecule has 0 fully saturated rings. The third-order valence-electron chi connectivity index (χ3n) is 2.60. The molecule has 0 aliphatic carbocycles. The lowest BCUT2D eigenvalue weighted by Crippen LogP contribution is -2.40. The molecule has 15 heavy (non-hydrogen) atoms. The van der Waals surface area contributed by atoms with E-state index in [0.717, 1.165) is 0 Å². The molecule has 0 aliphatic heterocycles. The van der Waals surface area contributed by atoms with Crippen molar-refractivity contribution in [3.63, 3.8) is 0 Å². The molecule has 0 saturated heterocycles. The second kappa shape index (κ2) is 4.98. The molecule has 84 valence electrons. The van der Waals surface area contributed by atoms with E-state index < -0.39 is 11.6 Å². The van der Waals surface area contributed by atoms with E-state index in [1.807, 2.05) is 0 Å². The molecule has 1 rings (SSSR count). The van der Waals surface area contributed by atoms with Crippen LogP contribution in [0.15, 0.2) is 22.8 Å². The van der Waals surface area contributed by atoms with Crippen molar-refractivity contribution in [1.29, 1.82) is 0 Å². The Morgan fingerprint density at radius 3 is 2.60 bits per heavy atom. The predicted molar refractivity (Wildman–Crippen MR) is 54.4 cm³/mol. The monoisotopic (exact) mass is 212 g/mol. The topological polar surface area (TPSA) is 59.7 Å². The van der Waals surface area contributed by atoms with Crippen LogP contribution in [0.1, 0.15) is 32.4 Å². The maximum absolute atomic E-state index is 11.1. The Balaban J connectivity index is 2.63. The summed E-state index contributed by atoms with van der Waals surface area (Å²) in [6, 6.07) is 3.51. The first-order valence-corrected chi connectivity index (χ1v) is 5.04. The van der Waals surface area contributed by atoms with Crippen LogP contribution in [-0.4, -0.2) is 16.7 Å². The summed E-state index contributed by atoms with van der Waals surface area (Å²) in [5.74, 6) is -0.276. The number of rotatable bonds is 6. The molecule has 1 aromatic rings. The first-order valence-electron chi connectivity index (χ1n) is 5.04. The third kappa shape index (κ3) is 2.59. The highest BCUT2D eigenvalue weighted by molar-refractivity contribution is 5.77. The van der Waals surface area contributed by atoms with E-state index >= 15 is 0 Å². The van der Waals surface area contributed by atoms with Gasteiger partial charge in [0.2, 0.25) is 0 Å². The molecule has 0 aromatic carbocycles. The SMILES string of the molecule is CCC(CC)(OCc1ccco1)C(=O)O. The number of furan rings is 1. The summed E-state index contributed by atoms with van der Waals surface area (Å²) < 4.78 is 10.5. The molecule has 0 amide bonds. The molecule has 1 N–H and O–H groups in total. The van der Waals surface area contributed by atoms with Crippen LogP contribution in [0.5, 0.6) is 0 Å². The third-order valence-corrected chi connectivity index (χ3v) is 2.60. The fourth-order valence-electron chi connectivity index (χ4n) is 1.42. The summed E-state index contributed by atoms with van der Waals surface area (Å²) in [4.78, 5) is 11.1. The molecule has 0 saturated carbocycles. The molecule has 1 aromatic heterocycles. The van der Waals surface area contributed by atoms with Crippen LogP contribution in [0.2, 0.25) is 0 Å². The largest absolute Gasteiger partial charge is 0.479 e. The summed E-state index contributed by atoms with van der Waals surface area (Å²) >= 11 is 0. The van der Waals surface area contributed by atoms with Crippen molar-refractivity contribution in [2.24, 2.45) is 0 Å². The van der Waals surface area contributed by atoms with Crippen LogP contribution in [-0.2, 0) is 16.1 Å². The summed E-state index contributed by atoms with van der Waals surface area (Å²) in [6.07, 6.45) is 2.43. The van der Waals surface area contributed by atoms with Crippen LogP contribution < -0.4 is 0 Å². The van der Waals surface area contributed by atoms with Crippen molar-refractivity contribution >= 4 is 5.97 Å². The molecule has 0 unspecified atom stereocenters. The fourth-order valence-corrected chi connectivity index (χ4v) is 1.42. The molecule has 1 heterocycles. The number of carboxylic acid groups (broad SMARTS) is 1. The minimum Gasteiger partial charge on any atom is -0.479 e. The van der Waals surface area contributed by atoms with Gasteiger partial charge in [-0.25, -0.2) is 4.79 Å². The first-order chi connectivity index (χ1) is 7.14. The van der Waals surface area contributed by atoms with E-state index in [0.29, 0.717) is 18.6 Å². The van der Waals surface area contributed by atoms with Crippen molar-refractivity contribution in [2.45, 2.75) is 38.9 Å². The molecular formula is C11H16O4. The second-order valence-electron chi connectivity index (χ2n) is 3.37. The van der Waals surface area contributed by atoms with E-state index in [9.17, 15) is 4.79 Å². The average Bonchev–Trinajstić information content (AvgIpc) is 2.72. The van der Waals surface area contributed by atoms with Gasteiger partial charge in [0.1, 0.15) is 12.4 Å². The minimum atomic E-state index is -1.09. The molecular weight excluding hydrogens is 196 g/mol. The van der Waals surface area contributed by atoms with Crippen molar-refractivity contribution in [3.05, 3.63) is 24.2 Å². The molecule has 4 heteroatoms. The van der Waals surface area contributed by atoms with E-state index in [2.05, 4.69) is 0 Å². The smallest absolute Gasteiger partial charge is 0.335 e. The highest BCUT2D eigenvalue weighted by Crippen LogP contribution is 2.22. The lowest BCUT2D eigenvalue weighted by atomic mass is 9.97. The Kier molecular flexibility index (Phi) is 3.91. The van der Waals surface area contributed by atoms with Gasteiger partial charge in [0.05, 0.1) is 6.26 Å². The van der Waals surface area contributed by atoms with E-state index in [1.165, 1.54) is 0 Å². The summed E-state index contributed by atoms with van der Waals surface area (Å²) in [7, 11) is 0. The Bertz CT molecular complexity index is 298. The molecule has 0 aliphatic rings. The van der Waals surface area contributed by atoms with Gasteiger partial charge >= 0.3 is 5.97 Å². The Morgan fingerprint density at radius 1 is 1.53 bits per heavy atom. The highest BCUT2D eigenvalue weighted by Gasteiger charge is 2.36. The minimum absolute atomic E-state index is 0.195. The Morgan fingerprint density at radius 2 is 2.20 bits per heavy atom. The second-order valence-corrected chi connectivity index (χ2v) is 3.37. The van der Waals surface area contributed by atoms with Gasteiger partial charge in [0.25, 0.3) is 0 Å². The van der Waals surface area contributed by atoms with Gasteiger partial charge < -0.3 is 14.3 Å². The zero-order valence-corrected chi connectivity index (χ0v) is 9.03. The number of hydrogen-bond acceptors (Lipinski definition) is 3. The van der Waals surface area contributed by atoms with Gasteiger partial charge in [-0.1, -0.05) is 13.8 Å². The maximum atomic E-state index is 11.1. The van der Waals surface area contributed by atoms with E-state index in [1.54, 1.807) is 32.2 Å². The van der Waals surface area contributed by atoms with E-state index in [4.69, 9.17) is 14.3 Å². The Hall–Kier alpha value is -1.29. The number of carboxylic acids is 1. The van der Waals surface area contributed by atoms with Gasteiger partial charge in [-0.15, -0.1) is 0 Å². The molecule has 0 atom stereocenters. The zero-order valence-electron chi connectivity index (χ0n) is 9.03. The van der Waals surface area contributed by atoms with Gasteiger partial charge in [-0.05, 0) is 25.0 Å².